The predicted octanol–water partition coefficient (Wildman–Crippen LogP) is 2.93. The van der Waals surface area contributed by atoms with Gasteiger partial charge >= 0.3 is 0 Å². The Morgan fingerprint density at radius 1 is 1.33 bits per heavy atom. The first-order valence-corrected chi connectivity index (χ1v) is 5.05. The second-order valence-corrected chi connectivity index (χ2v) is 3.91. The summed E-state index contributed by atoms with van der Waals surface area (Å²) in [5, 5.41) is 0.729. The number of nitrogen functional groups attached to an aromatic ring is 1. The lowest BCUT2D eigenvalue weighted by Gasteiger charge is -2.04. The Morgan fingerprint density at radius 2 is 2.07 bits per heavy atom. The van der Waals surface area contributed by atoms with Crippen molar-refractivity contribution in [1.82, 2.24) is 9.97 Å². The van der Waals surface area contributed by atoms with Crippen LogP contribution in [0.2, 0.25) is 5.02 Å². The van der Waals surface area contributed by atoms with Crippen molar-refractivity contribution in [2.45, 2.75) is 13.8 Å². The van der Waals surface area contributed by atoms with Gasteiger partial charge in [-0.3, -0.25) is 0 Å². The van der Waals surface area contributed by atoms with Crippen LogP contribution in [0.25, 0.3) is 11.3 Å². The summed E-state index contributed by atoms with van der Waals surface area (Å²) in [5.74, 6) is 0.417. The van der Waals surface area contributed by atoms with Gasteiger partial charge < -0.3 is 10.7 Å². The van der Waals surface area contributed by atoms with Crippen LogP contribution in [0.1, 0.15) is 11.3 Å². The van der Waals surface area contributed by atoms with E-state index in [0.717, 1.165) is 27.5 Å². The lowest BCUT2D eigenvalue weighted by atomic mass is 10.1. The summed E-state index contributed by atoms with van der Waals surface area (Å²) < 4.78 is 0. The summed E-state index contributed by atoms with van der Waals surface area (Å²) in [6.07, 6.45) is 0. The van der Waals surface area contributed by atoms with E-state index in [2.05, 4.69) is 9.97 Å². The fourth-order valence-electron chi connectivity index (χ4n) is 1.58. The zero-order valence-electron chi connectivity index (χ0n) is 8.63. The molecule has 3 N–H and O–H groups in total. The molecule has 1 aromatic carbocycles. The number of aryl methyl sites for hydroxylation is 2. The Labute approximate surface area is 93.3 Å². The number of H-pyrrole nitrogens is 1. The number of nitrogens with one attached hydrogen (secondary N) is 1. The Morgan fingerprint density at radius 3 is 2.67 bits per heavy atom. The molecule has 0 aliphatic carbocycles. The highest BCUT2D eigenvalue weighted by Gasteiger charge is 2.11. The van der Waals surface area contributed by atoms with Gasteiger partial charge in [0.1, 0.15) is 0 Å². The van der Waals surface area contributed by atoms with Crippen molar-refractivity contribution in [3.63, 3.8) is 0 Å². The van der Waals surface area contributed by atoms with Crippen molar-refractivity contribution in [3.8, 4) is 11.3 Å². The molecule has 4 heteroatoms. The highest BCUT2D eigenvalue weighted by atomic mass is 35.5. The monoisotopic (exact) mass is 221 g/mol. The first kappa shape index (κ1) is 10.1. The first-order valence-electron chi connectivity index (χ1n) is 4.67. The number of aromatic amines is 1. The molecular weight excluding hydrogens is 210 g/mol. The third-order valence-corrected chi connectivity index (χ3v) is 2.85. The van der Waals surface area contributed by atoms with Gasteiger partial charge in [-0.15, -0.1) is 0 Å². The fourth-order valence-corrected chi connectivity index (χ4v) is 1.79. The molecule has 3 nitrogen and oxygen atoms in total. The smallest absolute Gasteiger partial charge is 0.198 e. The van der Waals surface area contributed by atoms with Crippen molar-refractivity contribution in [1.29, 1.82) is 0 Å². The van der Waals surface area contributed by atoms with Crippen LogP contribution in [0.3, 0.4) is 0 Å². The molecule has 0 aliphatic heterocycles. The van der Waals surface area contributed by atoms with Crippen molar-refractivity contribution in [3.05, 3.63) is 34.5 Å². The summed E-state index contributed by atoms with van der Waals surface area (Å²) in [4.78, 5) is 7.18. The van der Waals surface area contributed by atoms with E-state index >= 15 is 0 Å². The number of anilines is 1. The highest BCUT2D eigenvalue weighted by Crippen LogP contribution is 2.31. The summed E-state index contributed by atoms with van der Waals surface area (Å²) in [5.41, 5.74) is 9.30. The predicted molar refractivity (Wildman–Crippen MR) is 62.9 cm³/mol. The number of rotatable bonds is 1. The van der Waals surface area contributed by atoms with Crippen molar-refractivity contribution >= 4 is 17.5 Å². The van der Waals surface area contributed by atoms with Gasteiger partial charge in [0.2, 0.25) is 0 Å². The SMILES string of the molecule is Cc1cccc(-c2nc(N)[nH]c2C)c1Cl. The van der Waals surface area contributed by atoms with Crippen molar-refractivity contribution in [2.75, 3.05) is 5.73 Å². The molecule has 15 heavy (non-hydrogen) atoms. The zero-order chi connectivity index (χ0) is 11.0. The molecule has 0 atom stereocenters. The molecule has 0 saturated carbocycles. The molecule has 0 aliphatic rings. The number of benzene rings is 1. The summed E-state index contributed by atoms with van der Waals surface area (Å²) in [7, 11) is 0. The number of nitrogens with two attached hydrogens (primary N) is 1. The molecule has 0 unspecified atom stereocenters. The number of aromatic nitrogens is 2. The van der Waals surface area contributed by atoms with Gasteiger partial charge in [0.25, 0.3) is 0 Å². The quantitative estimate of drug-likeness (QED) is 0.778. The van der Waals surface area contributed by atoms with Crippen LogP contribution in [0.5, 0.6) is 0 Å². The molecule has 0 radical (unpaired) electrons. The van der Waals surface area contributed by atoms with Crippen LogP contribution in [0.4, 0.5) is 5.95 Å². The highest BCUT2D eigenvalue weighted by molar-refractivity contribution is 6.34. The topological polar surface area (TPSA) is 54.7 Å². The van der Waals surface area contributed by atoms with E-state index < -0.39 is 0 Å². The first-order chi connectivity index (χ1) is 7.09. The zero-order valence-corrected chi connectivity index (χ0v) is 9.39. The van der Waals surface area contributed by atoms with Gasteiger partial charge in [0, 0.05) is 11.3 Å². The van der Waals surface area contributed by atoms with Gasteiger partial charge in [-0.2, -0.15) is 0 Å². The lowest BCUT2D eigenvalue weighted by Crippen LogP contribution is -1.87. The minimum Gasteiger partial charge on any atom is -0.369 e. The molecule has 78 valence electrons. The average Bonchev–Trinajstić information content (AvgIpc) is 2.50. The van der Waals surface area contributed by atoms with E-state index in [1.807, 2.05) is 32.0 Å². The van der Waals surface area contributed by atoms with Gasteiger partial charge in [-0.25, -0.2) is 4.98 Å². The largest absolute Gasteiger partial charge is 0.369 e. The van der Waals surface area contributed by atoms with E-state index in [-0.39, 0.29) is 0 Å². The maximum absolute atomic E-state index is 6.21. The van der Waals surface area contributed by atoms with Crippen LogP contribution in [-0.2, 0) is 0 Å². The van der Waals surface area contributed by atoms with Crippen LogP contribution in [0, 0.1) is 13.8 Å². The summed E-state index contributed by atoms with van der Waals surface area (Å²) in [6, 6.07) is 5.87. The van der Waals surface area contributed by atoms with Crippen LogP contribution in [0.15, 0.2) is 18.2 Å². The Balaban J connectivity index is 2.64. The van der Waals surface area contributed by atoms with E-state index in [1.165, 1.54) is 0 Å². The summed E-state index contributed by atoms with van der Waals surface area (Å²) in [6.45, 7) is 3.90. The molecule has 0 spiro atoms. The van der Waals surface area contributed by atoms with Crippen LogP contribution < -0.4 is 5.73 Å². The van der Waals surface area contributed by atoms with E-state index in [4.69, 9.17) is 17.3 Å². The van der Waals surface area contributed by atoms with Gasteiger partial charge in [0.05, 0.1) is 10.7 Å². The van der Waals surface area contributed by atoms with Gasteiger partial charge in [0.15, 0.2) is 5.95 Å². The number of nitrogens with zero attached hydrogens (tertiary/aromatic N) is 1. The fraction of sp³-hybridized carbons (Fsp3) is 0.182. The maximum Gasteiger partial charge on any atom is 0.198 e. The molecule has 0 bridgehead atoms. The van der Waals surface area contributed by atoms with E-state index in [0.29, 0.717) is 5.95 Å². The Bertz CT molecular complexity index is 503. The maximum atomic E-state index is 6.21. The summed E-state index contributed by atoms with van der Waals surface area (Å²) >= 11 is 6.21. The van der Waals surface area contributed by atoms with Gasteiger partial charge in [-0.1, -0.05) is 29.8 Å². The Hall–Kier alpha value is -1.48. The van der Waals surface area contributed by atoms with Crippen molar-refractivity contribution < 1.29 is 0 Å². The molecule has 0 saturated heterocycles. The third kappa shape index (κ3) is 1.70. The second kappa shape index (κ2) is 3.59. The molecule has 2 aromatic rings. The van der Waals surface area contributed by atoms with Gasteiger partial charge in [-0.05, 0) is 19.4 Å². The number of hydrogen-bond acceptors (Lipinski definition) is 2. The van der Waals surface area contributed by atoms with Crippen molar-refractivity contribution in [2.24, 2.45) is 0 Å². The molecule has 0 amide bonds. The number of halogens is 1. The van der Waals surface area contributed by atoms with E-state index in [9.17, 15) is 0 Å². The molecule has 1 aromatic heterocycles. The third-order valence-electron chi connectivity index (χ3n) is 2.35. The minimum absolute atomic E-state index is 0.417. The number of imidazole rings is 1. The molecular formula is C11H12ClN3. The van der Waals surface area contributed by atoms with Crippen LogP contribution in [-0.4, -0.2) is 9.97 Å². The standard InChI is InChI=1S/C11H12ClN3/c1-6-4-3-5-8(9(6)12)10-7(2)14-11(13)15-10/h3-5H,1-2H3,(H3,13,14,15). The molecule has 2 rings (SSSR count). The minimum atomic E-state index is 0.417. The Kier molecular flexibility index (Phi) is 2.40. The molecule has 1 heterocycles. The normalized spacial score (nSPS) is 10.6. The second-order valence-electron chi connectivity index (χ2n) is 3.53. The van der Waals surface area contributed by atoms with Crippen LogP contribution >= 0.6 is 11.6 Å². The average molecular weight is 222 g/mol. The molecule has 0 fully saturated rings. The number of hydrogen-bond donors (Lipinski definition) is 2. The lowest BCUT2D eigenvalue weighted by molar-refractivity contribution is 1.26. The van der Waals surface area contributed by atoms with E-state index in [1.54, 1.807) is 0 Å².